The van der Waals surface area contributed by atoms with Crippen molar-refractivity contribution in [2.75, 3.05) is 13.1 Å². The van der Waals surface area contributed by atoms with Crippen LogP contribution in [-0.2, 0) is 0 Å². The van der Waals surface area contributed by atoms with Gasteiger partial charge in [-0.25, -0.2) is 8.78 Å². The van der Waals surface area contributed by atoms with Crippen LogP contribution in [0.1, 0.15) is 21.5 Å². The molecule has 1 amide bonds. The molecule has 0 saturated heterocycles. The summed E-state index contributed by atoms with van der Waals surface area (Å²) in [6.07, 6.45) is 0. The van der Waals surface area contributed by atoms with Gasteiger partial charge in [-0.2, -0.15) is 0 Å². The highest BCUT2D eigenvalue weighted by Gasteiger charge is 2.27. The first-order valence-corrected chi connectivity index (χ1v) is 5.29. The highest BCUT2D eigenvalue weighted by Crippen LogP contribution is 2.11. The minimum Gasteiger partial charge on any atom is -0.346 e. The van der Waals surface area contributed by atoms with Gasteiger partial charge in [-0.05, 0) is 37.1 Å². The first-order valence-electron chi connectivity index (χ1n) is 5.29. The molecule has 3 N–H and O–H groups in total. The van der Waals surface area contributed by atoms with E-state index in [2.05, 4.69) is 5.32 Å². The van der Waals surface area contributed by atoms with E-state index in [1.807, 2.05) is 13.8 Å². The third-order valence-corrected chi connectivity index (χ3v) is 2.58. The Morgan fingerprint density at radius 3 is 2.44 bits per heavy atom. The molecule has 0 heterocycles. The van der Waals surface area contributed by atoms with Crippen LogP contribution in [0, 0.1) is 13.8 Å². The van der Waals surface area contributed by atoms with Gasteiger partial charge in [0, 0.05) is 5.56 Å². The maximum atomic E-state index is 12.8. The van der Waals surface area contributed by atoms with Gasteiger partial charge >= 0.3 is 0 Å². The quantitative estimate of drug-likeness (QED) is 0.886. The van der Waals surface area contributed by atoms with Gasteiger partial charge in [0.25, 0.3) is 11.8 Å². The Morgan fingerprint density at radius 2 is 1.94 bits per heavy atom. The molecule has 0 aromatic heterocycles. The van der Waals surface area contributed by atoms with Crippen molar-refractivity contribution in [3.63, 3.8) is 0 Å². The number of nitrogens with two attached hydrogens (primary N) is 1. The summed E-state index contributed by atoms with van der Waals surface area (Å²) >= 11 is 0. The van der Waals surface area contributed by atoms with Crippen LogP contribution in [0.15, 0.2) is 18.2 Å². The Kier molecular flexibility index (Phi) is 6.21. The number of carbonyl (C=O) groups excluding carboxylic acids is 1. The first kappa shape index (κ1) is 16.8. The second-order valence-corrected chi connectivity index (χ2v) is 4.04. The molecular weight excluding hydrogens is 262 g/mol. The van der Waals surface area contributed by atoms with E-state index in [1.54, 1.807) is 18.2 Å². The Hall–Kier alpha value is -1.20. The van der Waals surface area contributed by atoms with Crippen molar-refractivity contribution in [1.82, 2.24) is 5.32 Å². The van der Waals surface area contributed by atoms with E-state index in [9.17, 15) is 13.6 Å². The standard InChI is InChI=1S/C12H16F2N2O.ClH/c1-8-3-4-10(5-9(8)2)11(17)16-7-12(13,14)6-15;/h3-5H,6-7,15H2,1-2H3,(H,16,17);1H. The van der Waals surface area contributed by atoms with Crippen LogP contribution in [0.3, 0.4) is 0 Å². The van der Waals surface area contributed by atoms with Gasteiger partial charge in [-0.15, -0.1) is 12.4 Å². The van der Waals surface area contributed by atoms with E-state index in [0.29, 0.717) is 5.56 Å². The fourth-order valence-electron chi connectivity index (χ4n) is 1.27. The molecule has 18 heavy (non-hydrogen) atoms. The molecule has 1 aromatic rings. The number of rotatable bonds is 4. The van der Waals surface area contributed by atoms with Crippen molar-refractivity contribution in [3.05, 3.63) is 34.9 Å². The van der Waals surface area contributed by atoms with Gasteiger partial charge < -0.3 is 11.1 Å². The molecule has 0 atom stereocenters. The summed E-state index contributed by atoms with van der Waals surface area (Å²) < 4.78 is 25.7. The predicted octanol–water partition coefficient (Wildman–Crippen LogP) is 2.05. The van der Waals surface area contributed by atoms with Gasteiger partial charge in [0.05, 0.1) is 13.1 Å². The molecule has 0 spiro atoms. The lowest BCUT2D eigenvalue weighted by Crippen LogP contribution is -2.41. The molecule has 6 heteroatoms. The van der Waals surface area contributed by atoms with Gasteiger partial charge in [0.1, 0.15) is 0 Å². The summed E-state index contributed by atoms with van der Waals surface area (Å²) in [6, 6.07) is 5.06. The average Bonchev–Trinajstić information content (AvgIpc) is 2.30. The number of amides is 1. The lowest BCUT2D eigenvalue weighted by atomic mass is 10.1. The van der Waals surface area contributed by atoms with Crippen LogP contribution >= 0.6 is 12.4 Å². The van der Waals surface area contributed by atoms with E-state index in [4.69, 9.17) is 5.73 Å². The molecule has 0 aliphatic heterocycles. The Labute approximate surface area is 111 Å². The smallest absolute Gasteiger partial charge is 0.277 e. The fraction of sp³-hybridized carbons (Fsp3) is 0.417. The molecule has 0 bridgehead atoms. The molecule has 0 unspecified atom stereocenters. The van der Waals surface area contributed by atoms with Crippen LogP contribution in [0.25, 0.3) is 0 Å². The molecule has 0 fully saturated rings. The maximum Gasteiger partial charge on any atom is 0.277 e. The molecule has 0 saturated carbocycles. The third kappa shape index (κ3) is 4.58. The van der Waals surface area contributed by atoms with Crippen LogP contribution < -0.4 is 11.1 Å². The summed E-state index contributed by atoms with van der Waals surface area (Å²) in [7, 11) is 0. The lowest BCUT2D eigenvalue weighted by Gasteiger charge is -2.14. The summed E-state index contributed by atoms with van der Waals surface area (Å²) in [6.45, 7) is 2.26. The van der Waals surface area contributed by atoms with Gasteiger partial charge in [0.15, 0.2) is 0 Å². The van der Waals surface area contributed by atoms with E-state index in [1.165, 1.54) is 0 Å². The van der Waals surface area contributed by atoms with Crippen molar-refractivity contribution in [3.8, 4) is 0 Å². The summed E-state index contributed by atoms with van der Waals surface area (Å²) in [5.41, 5.74) is 7.25. The number of benzene rings is 1. The number of hydrogen-bond donors (Lipinski definition) is 2. The van der Waals surface area contributed by atoms with Crippen LogP contribution in [0.2, 0.25) is 0 Å². The molecule has 0 radical (unpaired) electrons. The zero-order valence-corrected chi connectivity index (χ0v) is 11.1. The van der Waals surface area contributed by atoms with Crippen molar-refractivity contribution in [1.29, 1.82) is 0 Å². The van der Waals surface area contributed by atoms with Gasteiger partial charge in [-0.3, -0.25) is 4.79 Å². The highest BCUT2D eigenvalue weighted by atomic mass is 35.5. The number of alkyl halides is 2. The van der Waals surface area contributed by atoms with Gasteiger partial charge in [-0.1, -0.05) is 6.07 Å². The third-order valence-electron chi connectivity index (χ3n) is 2.58. The number of nitrogens with one attached hydrogen (secondary N) is 1. The molecule has 0 aliphatic carbocycles. The van der Waals surface area contributed by atoms with Crippen LogP contribution in [0.5, 0.6) is 0 Å². The van der Waals surface area contributed by atoms with Crippen molar-refractivity contribution in [2.24, 2.45) is 5.73 Å². The lowest BCUT2D eigenvalue weighted by molar-refractivity contribution is 0.0118. The second kappa shape index (κ2) is 6.66. The van der Waals surface area contributed by atoms with E-state index >= 15 is 0 Å². The van der Waals surface area contributed by atoms with Crippen molar-refractivity contribution >= 4 is 18.3 Å². The normalized spacial score (nSPS) is 10.7. The number of aryl methyl sites for hydroxylation is 2. The van der Waals surface area contributed by atoms with E-state index < -0.39 is 24.9 Å². The Balaban J connectivity index is 0.00000289. The fourth-order valence-corrected chi connectivity index (χ4v) is 1.27. The molecule has 1 rings (SSSR count). The predicted molar refractivity (Wildman–Crippen MR) is 69.5 cm³/mol. The van der Waals surface area contributed by atoms with Crippen molar-refractivity contribution < 1.29 is 13.6 Å². The van der Waals surface area contributed by atoms with Crippen molar-refractivity contribution in [2.45, 2.75) is 19.8 Å². The van der Waals surface area contributed by atoms with E-state index in [-0.39, 0.29) is 12.4 Å². The number of halogens is 3. The summed E-state index contributed by atoms with van der Waals surface area (Å²) in [5, 5.41) is 2.17. The minimum atomic E-state index is -3.06. The molecule has 1 aromatic carbocycles. The summed E-state index contributed by atoms with van der Waals surface area (Å²) in [5.74, 6) is -3.57. The zero-order chi connectivity index (χ0) is 13.1. The SMILES string of the molecule is Cc1ccc(C(=O)NCC(F)(F)CN)cc1C.Cl. The first-order chi connectivity index (χ1) is 7.85. The van der Waals surface area contributed by atoms with Gasteiger partial charge in [0.2, 0.25) is 0 Å². The topological polar surface area (TPSA) is 55.1 Å². The Morgan fingerprint density at radius 1 is 1.33 bits per heavy atom. The number of hydrogen-bond acceptors (Lipinski definition) is 2. The van der Waals surface area contributed by atoms with Crippen LogP contribution in [-0.4, -0.2) is 24.9 Å². The molecule has 0 aliphatic rings. The summed E-state index contributed by atoms with van der Waals surface area (Å²) in [4.78, 5) is 11.6. The Bertz CT molecular complexity index is 425. The highest BCUT2D eigenvalue weighted by molar-refractivity contribution is 5.94. The average molecular weight is 279 g/mol. The number of carbonyl (C=O) groups is 1. The molecule has 3 nitrogen and oxygen atoms in total. The molecular formula is C12H17ClF2N2O. The monoisotopic (exact) mass is 278 g/mol. The molecule has 102 valence electrons. The maximum absolute atomic E-state index is 12.8. The van der Waals surface area contributed by atoms with E-state index in [0.717, 1.165) is 11.1 Å². The zero-order valence-electron chi connectivity index (χ0n) is 10.3. The van der Waals surface area contributed by atoms with Crippen LogP contribution in [0.4, 0.5) is 8.78 Å². The largest absolute Gasteiger partial charge is 0.346 e. The second-order valence-electron chi connectivity index (χ2n) is 4.04. The minimum absolute atomic E-state index is 0.